The third-order valence-electron chi connectivity index (χ3n) is 9.82. The molecule has 4 aliphatic rings. The van der Waals surface area contributed by atoms with Crippen LogP contribution in [0.4, 0.5) is 0 Å². The van der Waals surface area contributed by atoms with Gasteiger partial charge in [-0.1, -0.05) is 115 Å². The number of fused-ring (bicyclic) bond motifs is 4. The molecule has 2 unspecified atom stereocenters. The second kappa shape index (κ2) is 29.4. The van der Waals surface area contributed by atoms with Gasteiger partial charge in [-0.25, -0.2) is 25.7 Å². The maximum Gasteiger partial charge on any atom is 0.0533 e. The molecule has 4 heteroatoms. The van der Waals surface area contributed by atoms with Crippen LogP contribution in [0.25, 0.3) is 11.1 Å². The van der Waals surface area contributed by atoms with Gasteiger partial charge >= 0.3 is 0 Å². The molecule has 4 aliphatic carbocycles. The van der Waals surface area contributed by atoms with Gasteiger partial charge in [0.25, 0.3) is 0 Å². The van der Waals surface area contributed by atoms with E-state index in [4.69, 9.17) is 9.47 Å². The number of allylic oxidation sites excluding steroid dienone is 2. The Hall–Kier alpha value is 0.0478. The van der Waals surface area contributed by atoms with Crippen LogP contribution in [0.2, 0.25) is 0 Å². The normalized spacial score (nSPS) is 18.8. The van der Waals surface area contributed by atoms with Crippen LogP contribution >= 0.6 is 0 Å². The fourth-order valence-electron chi connectivity index (χ4n) is 7.78. The van der Waals surface area contributed by atoms with E-state index in [1.165, 1.54) is 73.6 Å². The number of ether oxygens (including phenoxy) is 2. The van der Waals surface area contributed by atoms with E-state index in [1.54, 1.807) is 34.1 Å². The zero-order chi connectivity index (χ0) is 33.3. The van der Waals surface area contributed by atoms with Gasteiger partial charge < -0.3 is 35.2 Å². The molecule has 2 atom stereocenters. The zero-order valence-electron chi connectivity index (χ0n) is 31.5. The Morgan fingerprint density at radius 2 is 0.980 bits per heavy atom. The summed E-state index contributed by atoms with van der Waals surface area (Å²) in [6.45, 7) is 23.6. The molecule has 0 saturated carbocycles. The smallest absolute Gasteiger partial charge is 0.0533 e. The third-order valence-corrected chi connectivity index (χ3v) is 9.82. The Labute approximate surface area is 362 Å². The summed E-state index contributed by atoms with van der Waals surface area (Å²) in [5.41, 5.74) is 12.6. The van der Waals surface area contributed by atoms with Crippen molar-refractivity contribution in [2.24, 2.45) is 11.8 Å². The molecule has 0 amide bonds. The van der Waals surface area contributed by atoms with Crippen LogP contribution in [-0.4, -0.2) is 26.4 Å². The van der Waals surface area contributed by atoms with Gasteiger partial charge in [-0.15, -0.1) is 0 Å². The summed E-state index contributed by atoms with van der Waals surface area (Å²) in [7, 11) is 0. The van der Waals surface area contributed by atoms with E-state index < -0.39 is 0 Å². The summed E-state index contributed by atoms with van der Waals surface area (Å²) in [6, 6.07) is 17.9. The predicted molar refractivity (Wildman–Crippen MR) is 214 cm³/mol. The van der Waals surface area contributed by atoms with Crippen LogP contribution in [0.5, 0.6) is 0 Å². The van der Waals surface area contributed by atoms with E-state index in [-0.39, 0.29) is 80.3 Å². The molecule has 2 aromatic carbocycles. The van der Waals surface area contributed by atoms with Crippen molar-refractivity contribution in [2.45, 2.75) is 133 Å². The van der Waals surface area contributed by atoms with Crippen molar-refractivity contribution in [3.8, 4) is 0 Å². The molecule has 278 valence electrons. The quantitative estimate of drug-likeness (QED) is 0.222. The fraction of sp³-hybridized carbons (Fsp3) is 0.565. The van der Waals surface area contributed by atoms with Crippen LogP contribution < -0.4 is 0 Å². The van der Waals surface area contributed by atoms with E-state index in [1.807, 2.05) is 27.7 Å². The Bertz CT molecular complexity index is 1140. The van der Waals surface area contributed by atoms with Gasteiger partial charge in [0, 0.05) is 90.5 Å². The monoisotopic (exact) mass is 834 g/mol. The molecule has 50 heavy (non-hydrogen) atoms. The largest absolute Gasteiger partial charge is 0.381 e. The van der Waals surface area contributed by atoms with Crippen molar-refractivity contribution < 1.29 is 74.9 Å². The van der Waals surface area contributed by atoms with Crippen LogP contribution in [0.3, 0.4) is 0 Å². The number of hydrogen-bond donors (Lipinski definition) is 0. The first-order valence-electron chi connectivity index (χ1n) is 18.7. The first-order valence-corrected chi connectivity index (χ1v) is 18.7. The molecule has 0 fully saturated rings. The molecule has 0 saturated heterocycles. The summed E-state index contributed by atoms with van der Waals surface area (Å²) in [6.07, 6.45) is 14.1. The summed E-state index contributed by atoms with van der Waals surface area (Å²) < 4.78 is 11.6. The molecule has 0 aromatic heterocycles. The standard InChI is InChI=1S/2C20H26O.2C2H6.2CH4.2Y/c2*1-3-7-15-10-11-19-18-9-6-5-8-16(18)13-17(14-21-4-2)20(19)12-15;2*1-2;;;;/h2*5-6,8-9,17H,1,3-4,7,10-14H2,2H3;2*1-2H3;2*1H4;;/q2*-2;;;;;;. The molecule has 0 spiro atoms. The number of hydrogen-bond acceptors (Lipinski definition) is 2. The molecular weight excluding hydrogens is 762 g/mol. The second-order valence-electron chi connectivity index (χ2n) is 12.5. The van der Waals surface area contributed by atoms with Crippen molar-refractivity contribution in [3.63, 3.8) is 0 Å². The molecule has 2 radical (unpaired) electrons. The van der Waals surface area contributed by atoms with Gasteiger partial charge in [0.1, 0.15) is 0 Å². The van der Waals surface area contributed by atoms with E-state index in [9.17, 15) is 0 Å². The zero-order valence-corrected chi connectivity index (χ0v) is 37.1. The van der Waals surface area contributed by atoms with E-state index in [0.29, 0.717) is 11.8 Å². The van der Waals surface area contributed by atoms with Crippen molar-refractivity contribution in [2.75, 3.05) is 26.4 Å². The predicted octanol–water partition coefficient (Wildman–Crippen LogP) is 13.4. The van der Waals surface area contributed by atoms with Crippen LogP contribution in [0.1, 0.15) is 143 Å². The summed E-state index contributed by atoms with van der Waals surface area (Å²) in [5, 5.41) is 0. The minimum atomic E-state index is 0. The molecule has 6 rings (SSSR count). The minimum Gasteiger partial charge on any atom is -0.381 e. The van der Waals surface area contributed by atoms with Crippen molar-refractivity contribution in [3.05, 3.63) is 108 Å². The van der Waals surface area contributed by atoms with Gasteiger partial charge in [-0.3, -0.25) is 0 Å². The van der Waals surface area contributed by atoms with Crippen LogP contribution in [0.15, 0.2) is 59.7 Å². The van der Waals surface area contributed by atoms with Crippen LogP contribution in [-0.2, 0) is 87.7 Å². The van der Waals surface area contributed by atoms with E-state index in [2.05, 4.69) is 76.2 Å². The molecular formula is C46H72O2Y2-4. The van der Waals surface area contributed by atoms with Crippen molar-refractivity contribution in [1.29, 1.82) is 0 Å². The fourth-order valence-corrected chi connectivity index (χ4v) is 7.78. The second-order valence-corrected chi connectivity index (χ2v) is 12.5. The van der Waals surface area contributed by atoms with Crippen molar-refractivity contribution >= 4 is 11.1 Å². The Morgan fingerprint density at radius 1 is 0.620 bits per heavy atom. The number of rotatable bonds is 10. The summed E-state index contributed by atoms with van der Waals surface area (Å²) in [4.78, 5) is 0. The molecule has 2 aromatic rings. The van der Waals surface area contributed by atoms with E-state index >= 15 is 0 Å². The van der Waals surface area contributed by atoms with Gasteiger partial charge in [-0.2, -0.15) is 25.7 Å². The first-order chi connectivity index (χ1) is 22.7. The minimum absolute atomic E-state index is 0. The first kappa shape index (κ1) is 52.2. The average Bonchev–Trinajstić information content (AvgIpc) is 3.12. The van der Waals surface area contributed by atoms with Crippen molar-refractivity contribution in [1.82, 2.24) is 0 Å². The molecule has 0 heterocycles. The molecule has 0 N–H and O–H groups in total. The van der Waals surface area contributed by atoms with Gasteiger partial charge in [0.05, 0.1) is 13.2 Å². The maximum absolute atomic E-state index is 5.78. The summed E-state index contributed by atoms with van der Waals surface area (Å²) >= 11 is 0. The Morgan fingerprint density at radius 3 is 1.32 bits per heavy atom. The van der Waals surface area contributed by atoms with Gasteiger partial charge in [-0.05, 0) is 60.1 Å². The maximum atomic E-state index is 5.78. The topological polar surface area (TPSA) is 18.5 Å². The van der Waals surface area contributed by atoms with Gasteiger partial charge in [0.2, 0.25) is 0 Å². The Kier molecular flexibility index (Phi) is 30.7. The molecule has 2 nitrogen and oxygen atoms in total. The van der Waals surface area contributed by atoms with E-state index in [0.717, 1.165) is 52.1 Å². The molecule has 0 bridgehead atoms. The van der Waals surface area contributed by atoms with Crippen LogP contribution in [0, 0.1) is 37.5 Å². The van der Waals surface area contributed by atoms with Gasteiger partial charge in [0.15, 0.2) is 0 Å². The number of benzene rings is 2. The third kappa shape index (κ3) is 14.4. The average molecular weight is 835 g/mol. The summed E-state index contributed by atoms with van der Waals surface area (Å²) in [5.74, 6) is 4.55. The Balaban J connectivity index is 0. The molecule has 0 aliphatic heterocycles. The SMILES string of the molecule is C.C.CC.CC.[CH2-]CC[C-]1CCC2=C(C1)C(COCC)Cc1ccccc12.[CH2-]CC[C-]1CCC2=C(C1)C(COCC)Cc1ccccc12.[Y].[Y].